The standard InChI is InChI=1S/C16H19N3S/c1-12(10-17)11-19-8-6-13(7-9-19)16-18-14-4-2-3-5-15(14)20-16/h2-5,12-13H,6-9,11H2,1H3/p+1/t12-/m0/s1. The van der Waals surface area contributed by atoms with Crippen molar-refractivity contribution in [1.29, 1.82) is 5.26 Å². The minimum Gasteiger partial charge on any atom is -0.334 e. The molecule has 3 rings (SSSR count). The Morgan fingerprint density at radius 2 is 2.15 bits per heavy atom. The lowest BCUT2D eigenvalue weighted by atomic mass is 9.97. The SMILES string of the molecule is C[C@@H](C#N)C[NH+]1CCC(c2nc3ccccc3s2)CC1. The molecule has 1 saturated heterocycles. The Morgan fingerprint density at radius 3 is 2.85 bits per heavy atom. The van der Waals surface area contributed by atoms with Crippen molar-refractivity contribution in [3.05, 3.63) is 29.3 Å². The summed E-state index contributed by atoms with van der Waals surface area (Å²) in [5.74, 6) is 0.789. The number of fused-ring (bicyclic) bond motifs is 1. The Bertz CT molecular complexity index is 587. The molecule has 1 aliphatic heterocycles. The van der Waals surface area contributed by atoms with Crippen molar-refractivity contribution in [3.8, 4) is 6.07 Å². The van der Waals surface area contributed by atoms with Gasteiger partial charge in [-0.15, -0.1) is 11.3 Å². The topological polar surface area (TPSA) is 41.1 Å². The van der Waals surface area contributed by atoms with Crippen LogP contribution < -0.4 is 4.90 Å². The van der Waals surface area contributed by atoms with Crippen LogP contribution in [0, 0.1) is 17.2 Å². The predicted octanol–water partition coefficient (Wildman–Crippen LogP) is 2.22. The van der Waals surface area contributed by atoms with Crippen LogP contribution >= 0.6 is 11.3 Å². The summed E-state index contributed by atoms with van der Waals surface area (Å²) in [6, 6.07) is 10.7. The van der Waals surface area contributed by atoms with E-state index in [9.17, 15) is 0 Å². The van der Waals surface area contributed by atoms with Gasteiger partial charge < -0.3 is 4.90 Å². The summed E-state index contributed by atoms with van der Waals surface area (Å²) in [5, 5.41) is 10.2. The van der Waals surface area contributed by atoms with Crippen molar-refractivity contribution in [2.45, 2.75) is 25.7 Å². The van der Waals surface area contributed by atoms with E-state index in [0.29, 0.717) is 5.92 Å². The third kappa shape index (κ3) is 2.84. The molecule has 4 heteroatoms. The third-order valence-electron chi connectivity index (χ3n) is 4.17. The summed E-state index contributed by atoms with van der Waals surface area (Å²) in [7, 11) is 0. The van der Waals surface area contributed by atoms with Crippen molar-refractivity contribution in [2.75, 3.05) is 19.6 Å². The molecule has 0 bridgehead atoms. The number of nitrogens with one attached hydrogen (secondary N) is 1. The minimum atomic E-state index is 0.170. The number of nitrogens with zero attached hydrogens (tertiary/aromatic N) is 2. The zero-order valence-corrected chi connectivity index (χ0v) is 12.6. The number of aromatic nitrogens is 1. The van der Waals surface area contributed by atoms with Crippen molar-refractivity contribution < 1.29 is 4.90 Å². The number of thiazole rings is 1. The highest BCUT2D eigenvalue weighted by atomic mass is 32.1. The van der Waals surface area contributed by atoms with Gasteiger partial charge >= 0.3 is 0 Å². The number of hydrogen-bond acceptors (Lipinski definition) is 3. The van der Waals surface area contributed by atoms with Crippen LogP contribution in [0.2, 0.25) is 0 Å². The van der Waals surface area contributed by atoms with Gasteiger partial charge in [-0.25, -0.2) is 4.98 Å². The van der Waals surface area contributed by atoms with E-state index in [4.69, 9.17) is 10.2 Å². The molecular weight excluding hydrogens is 266 g/mol. The Labute approximate surface area is 123 Å². The summed E-state index contributed by atoms with van der Waals surface area (Å²) in [6.07, 6.45) is 2.40. The smallest absolute Gasteiger partial charge is 0.0974 e. The number of benzene rings is 1. The number of likely N-dealkylation sites (tertiary alicyclic amines) is 1. The van der Waals surface area contributed by atoms with E-state index in [2.05, 4.69) is 30.3 Å². The van der Waals surface area contributed by atoms with E-state index in [-0.39, 0.29) is 5.92 Å². The molecule has 1 aromatic carbocycles. The Morgan fingerprint density at radius 1 is 1.40 bits per heavy atom. The number of rotatable bonds is 3. The molecule has 1 aromatic heterocycles. The van der Waals surface area contributed by atoms with Gasteiger partial charge in [0, 0.05) is 18.8 Å². The van der Waals surface area contributed by atoms with Gasteiger partial charge in [0.05, 0.1) is 46.8 Å². The molecule has 1 N–H and O–H groups in total. The molecule has 0 unspecified atom stereocenters. The largest absolute Gasteiger partial charge is 0.334 e. The molecule has 2 aromatic rings. The summed E-state index contributed by atoms with van der Waals surface area (Å²) in [5.41, 5.74) is 1.14. The van der Waals surface area contributed by atoms with Gasteiger partial charge in [-0.3, -0.25) is 0 Å². The van der Waals surface area contributed by atoms with Gasteiger partial charge in [0.15, 0.2) is 0 Å². The molecule has 104 valence electrons. The van der Waals surface area contributed by atoms with Crippen LogP contribution in [0.15, 0.2) is 24.3 Å². The molecule has 20 heavy (non-hydrogen) atoms. The van der Waals surface area contributed by atoms with Gasteiger partial charge in [0.25, 0.3) is 0 Å². The van der Waals surface area contributed by atoms with Crippen LogP contribution in [0.25, 0.3) is 10.2 Å². The fraction of sp³-hybridized carbons (Fsp3) is 0.500. The van der Waals surface area contributed by atoms with Gasteiger partial charge in [-0.1, -0.05) is 12.1 Å². The molecule has 1 fully saturated rings. The highest BCUT2D eigenvalue weighted by Gasteiger charge is 2.26. The summed E-state index contributed by atoms with van der Waals surface area (Å²) < 4.78 is 1.30. The summed E-state index contributed by atoms with van der Waals surface area (Å²) in [4.78, 5) is 6.38. The van der Waals surface area contributed by atoms with Gasteiger partial charge in [0.2, 0.25) is 0 Å². The number of nitriles is 1. The second kappa shape index (κ2) is 5.90. The maximum Gasteiger partial charge on any atom is 0.0974 e. The van der Waals surface area contributed by atoms with Crippen LogP contribution in [0.5, 0.6) is 0 Å². The van der Waals surface area contributed by atoms with Crippen molar-refractivity contribution >= 4 is 21.6 Å². The summed E-state index contributed by atoms with van der Waals surface area (Å²) in [6.45, 7) is 5.36. The summed E-state index contributed by atoms with van der Waals surface area (Å²) >= 11 is 1.85. The quantitative estimate of drug-likeness (QED) is 0.940. The van der Waals surface area contributed by atoms with Crippen molar-refractivity contribution in [2.24, 2.45) is 5.92 Å². The van der Waals surface area contributed by atoms with Crippen molar-refractivity contribution in [3.63, 3.8) is 0 Å². The second-order valence-electron chi connectivity index (χ2n) is 5.78. The average Bonchev–Trinajstić information content (AvgIpc) is 2.91. The molecule has 1 atom stereocenters. The highest BCUT2D eigenvalue weighted by molar-refractivity contribution is 7.18. The lowest BCUT2D eigenvalue weighted by Crippen LogP contribution is -3.13. The van der Waals surface area contributed by atoms with Gasteiger partial charge in [0.1, 0.15) is 0 Å². The first-order valence-corrected chi connectivity index (χ1v) is 8.16. The normalized spacial score (nSPS) is 24.4. The lowest BCUT2D eigenvalue weighted by molar-refractivity contribution is -0.907. The average molecular weight is 286 g/mol. The van der Waals surface area contributed by atoms with Gasteiger partial charge in [-0.05, 0) is 19.1 Å². The Kier molecular flexibility index (Phi) is 4.00. The molecule has 0 spiro atoms. The fourth-order valence-electron chi connectivity index (χ4n) is 3.02. The lowest BCUT2D eigenvalue weighted by Gasteiger charge is -2.28. The Balaban J connectivity index is 1.64. The zero-order chi connectivity index (χ0) is 13.9. The highest BCUT2D eigenvalue weighted by Crippen LogP contribution is 2.31. The maximum atomic E-state index is 8.90. The van der Waals surface area contributed by atoms with Crippen LogP contribution in [0.1, 0.15) is 30.7 Å². The van der Waals surface area contributed by atoms with Gasteiger partial charge in [-0.2, -0.15) is 5.26 Å². The maximum absolute atomic E-state index is 8.90. The Hall–Kier alpha value is -1.44. The number of hydrogen-bond donors (Lipinski definition) is 1. The van der Waals surface area contributed by atoms with E-state index in [1.807, 2.05) is 18.3 Å². The van der Waals surface area contributed by atoms with Crippen LogP contribution in [0.3, 0.4) is 0 Å². The van der Waals surface area contributed by atoms with Crippen LogP contribution in [-0.4, -0.2) is 24.6 Å². The zero-order valence-electron chi connectivity index (χ0n) is 11.8. The minimum absolute atomic E-state index is 0.170. The van der Waals surface area contributed by atoms with E-state index in [1.54, 1.807) is 4.90 Å². The molecule has 0 aliphatic carbocycles. The van der Waals surface area contributed by atoms with E-state index in [0.717, 1.165) is 12.1 Å². The van der Waals surface area contributed by atoms with E-state index >= 15 is 0 Å². The third-order valence-corrected chi connectivity index (χ3v) is 5.37. The first-order chi connectivity index (χ1) is 9.76. The number of quaternary nitrogens is 1. The number of para-hydroxylation sites is 1. The van der Waals surface area contributed by atoms with Crippen LogP contribution in [-0.2, 0) is 0 Å². The molecular formula is C16H20N3S+. The first kappa shape index (κ1) is 13.5. The van der Waals surface area contributed by atoms with E-state index < -0.39 is 0 Å². The molecule has 0 saturated carbocycles. The molecule has 0 radical (unpaired) electrons. The van der Waals surface area contributed by atoms with E-state index in [1.165, 1.54) is 35.6 Å². The fourth-order valence-corrected chi connectivity index (χ4v) is 4.16. The second-order valence-corrected chi connectivity index (χ2v) is 6.84. The first-order valence-electron chi connectivity index (χ1n) is 7.35. The van der Waals surface area contributed by atoms with Crippen LogP contribution in [0.4, 0.5) is 0 Å². The molecule has 0 amide bonds. The molecule has 2 heterocycles. The monoisotopic (exact) mass is 286 g/mol. The van der Waals surface area contributed by atoms with Crippen molar-refractivity contribution in [1.82, 2.24) is 4.98 Å². The number of piperidine rings is 1. The molecule has 1 aliphatic rings. The predicted molar refractivity (Wildman–Crippen MR) is 81.9 cm³/mol. The molecule has 3 nitrogen and oxygen atoms in total.